The number of esters is 2. The van der Waals surface area contributed by atoms with Crippen LogP contribution in [0.15, 0.2) is 97.2 Å². The van der Waals surface area contributed by atoms with E-state index in [1.54, 1.807) is 0 Å². The molecule has 0 saturated heterocycles. The molecular formula is C60H102NO8+. The second-order valence-corrected chi connectivity index (χ2v) is 19.2. The number of aliphatic carboxylic acids is 1. The average molecular weight is 965 g/mol. The molecule has 0 aliphatic heterocycles. The number of ether oxygens (including phenoxy) is 4. The van der Waals surface area contributed by atoms with Crippen molar-refractivity contribution in [2.45, 2.75) is 219 Å². The van der Waals surface area contributed by atoms with Crippen LogP contribution in [0.5, 0.6) is 0 Å². The van der Waals surface area contributed by atoms with Crippen LogP contribution >= 0.6 is 0 Å². The van der Waals surface area contributed by atoms with Gasteiger partial charge in [0.25, 0.3) is 6.29 Å². The summed E-state index contributed by atoms with van der Waals surface area (Å²) in [5.41, 5.74) is 0. The first-order chi connectivity index (χ1) is 33.6. The van der Waals surface area contributed by atoms with Gasteiger partial charge in [0.2, 0.25) is 0 Å². The molecular weight excluding hydrogens is 863 g/mol. The van der Waals surface area contributed by atoms with E-state index in [1.165, 1.54) is 64.2 Å². The van der Waals surface area contributed by atoms with E-state index in [0.29, 0.717) is 23.9 Å². The minimum atomic E-state index is -1.52. The van der Waals surface area contributed by atoms with Crippen LogP contribution in [-0.2, 0) is 33.3 Å². The van der Waals surface area contributed by atoms with Gasteiger partial charge in [0.15, 0.2) is 6.10 Å². The highest BCUT2D eigenvalue weighted by Crippen LogP contribution is 2.15. The summed E-state index contributed by atoms with van der Waals surface area (Å²) < 4.78 is 22.8. The molecule has 0 aromatic carbocycles. The van der Waals surface area contributed by atoms with Gasteiger partial charge in [-0.05, 0) is 77.0 Å². The van der Waals surface area contributed by atoms with E-state index in [4.69, 9.17) is 18.9 Å². The lowest BCUT2D eigenvalue weighted by atomic mass is 10.0. The van der Waals surface area contributed by atoms with Crippen molar-refractivity contribution in [2.75, 3.05) is 47.5 Å². The van der Waals surface area contributed by atoms with Gasteiger partial charge < -0.3 is 28.5 Å². The van der Waals surface area contributed by atoms with Crippen LogP contribution < -0.4 is 0 Å². The number of hydrogen-bond acceptors (Lipinski definition) is 7. The second kappa shape index (κ2) is 50.6. The number of likely N-dealkylation sites (N-methyl/N-ethyl adjacent to an activating group) is 1. The Morgan fingerprint density at radius 3 is 1.23 bits per heavy atom. The van der Waals surface area contributed by atoms with Crippen LogP contribution in [0.1, 0.15) is 206 Å². The Morgan fingerprint density at radius 2 is 0.826 bits per heavy atom. The molecule has 2 atom stereocenters. The van der Waals surface area contributed by atoms with Gasteiger partial charge in [0.05, 0.1) is 34.4 Å². The number of allylic oxidation sites excluding steroid dienone is 16. The first-order valence-corrected chi connectivity index (χ1v) is 27.4. The normalized spacial score (nSPS) is 13.6. The van der Waals surface area contributed by atoms with Gasteiger partial charge in [-0.3, -0.25) is 9.59 Å². The summed E-state index contributed by atoms with van der Waals surface area (Å²) in [5.74, 6) is -2.03. The van der Waals surface area contributed by atoms with Gasteiger partial charge in [0.1, 0.15) is 13.2 Å². The van der Waals surface area contributed by atoms with Gasteiger partial charge in [-0.2, -0.15) is 0 Å². The topological polar surface area (TPSA) is 108 Å². The van der Waals surface area contributed by atoms with Gasteiger partial charge in [0, 0.05) is 12.8 Å². The zero-order valence-electron chi connectivity index (χ0n) is 44.7. The fraction of sp³-hybridized carbons (Fsp3) is 0.683. The summed E-state index contributed by atoms with van der Waals surface area (Å²) in [5, 5.41) is 9.67. The smallest absolute Gasteiger partial charge is 0.361 e. The molecule has 0 fully saturated rings. The van der Waals surface area contributed by atoms with E-state index in [9.17, 15) is 19.5 Å². The first kappa shape index (κ1) is 65.2. The van der Waals surface area contributed by atoms with Gasteiger partial charge >= 0.3 is 17.9 Å². The minimum absolute atomic E-state index is 0.181. The molecule has 9 nitrogen and oxygen atoms in total. The van der Waals surface area contributed by atoms with E-state index < -0.39 is 24.3 Å². The molecule has 0 aromatic heterocycles. The van der Waals surface area contributed by atoms with Crippen molar-refractivity contribution in [2.24, 2.45) is 0 Å². The molecule has 0 spiro atoms. The highest BCUT2D eigenvalue weighted by atomic mass is 16.7. The summed E-state index contributed by atoms with van der Waals surface area (Å²) in [6.07, 6.45) is 64.8. The molecule has 69 heavy (non-hydrogen) atoms. The van der Waals surface area contributed by atoms with Crippen molar-refractivity contribution < 1.29 is 42.9 Å². The van der Waals surface area contributed by atoms with E-state index in [-0.39, 0.29) is 32.2 Å². The summed E-state index contributed by atoms with van der Waals surface area (Å²) >= 11 is 0. The summed E-state index contributed by atoms with van der Waals surface area (Å²) in [7, 11) is 5.95. The molecule has 0 aromatic rings. The highest BCUT2D eigenvalue weighted by molar-refractivity contribution is 5.71. The highest BCUT2D eigenvalue weighted by Gasteiger charge is 2.25. The zero-order chi connectivity index (χ0) is 50.6. The number of nitrogens with zero attached hydrogens (tertiary/aromatic N) is 1. The predicted molar refractivity (Wildman–Crippen MR) is 290 cm³/mol. The van der Waals surface area contributed by atoms with E-state index >= 15 is 0 Å². The number of unbranched alkanes of at least 4 members (excludes halogenated alkanes) is 18. The summed E-state index contributed by atoms with van der Waals surface area (Å²) in [6.45, 7) is 4.73. The predicted octanol–water partition coefficient (Wildman–Crippen LogP) is 15.8. The number of rotatable bonds is 49. The van der Waals surface area contributed by atoms with E-state index in [2.05, 4.69) is 111 Å². The Kier molecular flexibility index (Phi) is 47.8. The molecule has 0 saturated carbocycles. The zero-order valence-corrected chi connectivity index (χ0v) is 44.7. The van der Waals surface area contributed by atoms with Gasteiger partial charge in [-0.25, -0.2) is 4.79 Å². The summed E-state index contributed by atoms with van der Waals surface area (Å²) in [4.78, 5) is 37.3. The quantitative estimate of drug-likeness (QED) is 0.0211. The van der Waals surface area contributed by atoms with Crippen LogP contribution in [0, 0.1) is 0 Å². The number of carbonyl (C=O) groups excluding carboxylic acids is 2. The van der Waals surface area contributed by atoms with Crippen molar-refractivity contribution in [1.29, 1.82) is 0 Å². The Labute approximate surface area is 422 Å². The number of carboxylic acid groups (broad SMARTS) is 1. The van der Waals surface area contributed by atoms with Gasteiger partial charge in [-0.1, -0.05) is 214 Å². The van der Waals surface area contributed by atoms with Crippen molar-refractivity contribution >= 4 is 17.9 Å². The lowest BCUT2D eigenvalue weighted by molar-refractivity contribution is -0.870. The maximum absolute atomic E-state index is 12.8. The number of quaternary nitrogens is 1. The molecule has 0 aliphatic rings. The van der Waals surface area contributed by atoms with Crippen LogP contribution in [-0.4, -0.2) is 87.4 Å². The molecule has 0 radical (unpaired) electrons. The third-order valence-electron chi connectivity index (χ3n) is 11.4. The van der Waals surface area contributed by atoms with Crippen molar-refractivity contribution in [3.05, 3.63) is 97.2 Å². The largest absolute Gasteiger partial charge is 0.477 e. The van der Waals surface area contributed by atoms with Crippen LogP contribution in [0.3, 0.4) is 0 Å². The molecule has 0 rings (SSSR count). The maximum Gasteiger partial charge on any atom is 0.361 e. The lowest BCUT2D eigenvalue weighted by Crippen LogP contribution is -2.40. The molecule has 1 N–H and O–H groups in total. The van der Waals surface area contributed by atoms with Crippen LogP contribution in [0.4, 0.5) is 0 Å². The molecule has 0 bridgehead atoms. The van der Waals surface area contributed by atoms with E-state index in [1.807, 2.05) is 21.1 Å². The first-order valence-electron chi connectivity index (χ1n) is 27.4. The lowest BCUT2D eigenvalue weighted by Gasteiger charge is -2.25. The SMILES string of the molecule is CC/C=C\C/C=C\C/C=C\C/C=C\C/C=C\C/C=C\C/C=C\C/C=C\CCCCCCCCC(=O)OC(COC(=O)CCCCCCCCCCCCCCC)COC(OCC[N+](C)(C)C)C(=O)O. The summed E-state index contributed by atoms with van der Waals surface area (Å²) in [6, 6.07) is 0. The fourth-order valence-corrected chi connectivity index (χ4v) is 7.15. The van der Waals surface area contributed by atoms with Crippen molar-refractivity contribution in [1.82, 2.24) is 0 Å². The Balaban J connectivity index is 4.29. The van der Waals surface area contributed by atoms with Crippen LogP contribution in [0.25, 0.3) is 0 Å². The fourth-order valence-electron chi connectivity index (χ4n) is 7.15. The Hall–Kier alpha value is -3.79. The third-order valence-corrected chi connectivity index (χ3v) is 11.4. The average Bonchev–Trinajstić information content (AvgIpc) is 3.31. The molecule has 394 valence electrons. The van der Waals surface area contributed by atoms with Gasteiger partial charge in [-0.15, -0.1) is 0 Å². The standard InChI is InChI=1S/C60H101NO8/c1-6-8-10-12-14-16-18-20-21-22-23-24-25-26-27-28-29-30-31-32-33-34-35-36-37-39-41-43-45-47-49-51-58(63)69-56(55-68-60(59(64)65)66-53-52-61(3,4)5)54-67-57(62)50-48-46-44-42-40-38-19-17-15-13-11-9-7-2/h8,10,14,16,20-21,23-24,26-27,29-30,32-33,35-36,56,60H,6-7,9,11-13,15,17-19,22,25,28,31,34,37-55H2,1-5H3/p+1/b10-8-,16-14-,21-20-,24-23-,27-26-,30-29-,33-32-,36-35-. The molecule has 0 amide bonds. The van der Waals surface area contributed by atoms with Crippen LogP contribution in [0.2, 0.25) is 0 Å². The second-order valence-electron chi connectivity index (χ2n) is 19.2. The molecule has 9 heteroatoms. The van der Waals surface area contributed by atoms with E-state index in [0.717, 1.165) is 109 Å². The Bertz CT molecular complexity index is 1450. The third kappa shape index (κ3) is 51.9. The molecule has 2 unspecified atom stereocenters. The van der Waals surface area contributed by atoms with Crippen molar-refractivity contribution in [3.8, 4) is 0 Å². The number of carboxylic acids is 1. The molecule has 0 heterocycles. The Morgan fingerprint density at radius 1 is 0.449 bits per heavy atom. The number of hydrogen-bond donors (Lipinski definition) is 1. The monoisotopic (exact) mass is 965 g/mol. The van der Waals surface area contributed by atoms with Crippen molar-refractivity contribution in [3.63, 3.8) is 0 Å². The molecule has 0 aliphatic carbocycles. The minimum Gasteiger partial charge on any atom is -0.477 e. The maximum atomic E-state index is 12.8. The number of carbonyl (C=O) groups is 3.